The zero-order valence-corrected chi connectivity index (χ0v) is 9.79. The first kappa shape index (κ1) is 11.0. The summed E-state index contributed by atoms with van der Waals surface area (Å²) in [5, 5.41) is 12.4. The molecule has 2 rings (SSSR count). The molecule has 0 radical (unpaired) electrons. The summed E-state index contributed by atoms with van der Waals surface area (Å²) in [6.07, 6.45) is 6.42. The minimum Gasteiger partial charge on any atom is -0.380 e. The Balaban J connectivity index is 2.10. The van der Waals surface area contributed by atoms with Crippen molar-refractivity contribution in [1.29, 1.82) is 5.26 Å². The van der Waals surface area contributed by atoms with E-state index < -0.39 is 0 Å². The normalized spacial score (nSPS) is 18.8. The zero-order valence-electron chi connectivity index (χ0n) is 9.79. The average molecular weight is 214 g/mol. The highest BCUT2D eigenvalue weighted by atomic mass is 15.0. The van der Waals surface area contributed by atoms with Gasteiger partial charge in [-0.2, -0.15) is 5.26 Å². The predicted molar refractivity (Wildman–Crippen MR) is 66.3 cm³/mol. The SMILES string of the molecule is CC1(Nc2cccc(C#N)c2)CCCCC1. The molecule has 1 N–H and O–H groups in total. The maximum atomic E-state index is 8.85. The molecule has 0 atom stereocenters. The second kappa shape index (κ2) is 4.57. The van der Waals surface area contributed by atoms with Crippen LogP contribution in [-0.2, 0) is 0 Å². The van der Waals surface area contributed by atoms with Gasteiger partial charge in [0.1, 0.15) is 0 Å². The fraction of sp³-hybridized carbons (Fsp3) is 0.500. The molecule has 1 aromatic carbocycles. The summed E-state index contributed by atoms with van der Waals surface area (Å²) in [6.45, 7) is 2.28. The van der Waals surface area contributed by atoms with Crippen molar-refractivity contribution < 1.29 is 0 Å². The Morgan fingerprint density at radius 3 is 2.69 bits per heavy atom. The minimum absolute atomic E-state index is 0.215. The van der Waals surface area contributed by atoms with Gasteiger partial charge >= 0.3 is 0 Å². The number of hydrogen-bond donors (Lipinski definition) is 1. The van der Waals surface area contributed by atoms with E-state index in [0.717, 1.165) is 11.3 Å². The molecule has 1 aromatic rings. The van der Waals surface area contributed by atoms with Gasteiger partial charge in [-0.3, -0.25) is 0 Å². The van der Waals surface area contributed by atoms with Gasteiger partial charge in [0, 0.05) is 11.2 Å². The summed E-state index contributed by atoms with van der Waals surface area (Å²) in [4.78, 5) is 0. The minimum atomic E-state index is 0.215. The lowest BCUT2D eigenvalue weighted by Crippen LogP contribution is -2.36. The molecular formula is C14H18N2. The monoisotopic (exact) mass is 214 g/mol. The Morgan fingerprint density at radius 1 is 1.25 bits per heavy atom. The molecule has 2 nitrogen and oxygen atoms in total. The molecule has 84 valence electrons. The number of anilines is 1. The van der Waals surface area contributed by atoms with E-state index in [2.05, 4.69) is 18.3 Å². The summed E-state index contributed by atoms with van der Waals surface area (Å²) in [7, 11) is 0. The highest BCUT2D eigenvalue weighted by molar-refractivity contribution is 5.50. The number of nitrogens with one attached hydrogen (secondary N) is 1. The molecule has 0 amide bonds. The summed E-state index contributed by atoms with van der Waals surface area (Å²) < 4.78 is 0. The predicted octanol–water partition coefficient (Wildman–Crippen LogP) is 3.69. The van der Waals surface area contributed by atoms with Crippen LogP contribution in [-0.4, -0.2) is 5.54 Å². The van der Waals surface area contributed by atoms with E-state index in [0.29, 0.717) is 0 Å². The fourth-order valence-corrected chi connectivity index (χ4v) is 2.47. The third-order valence-electron chi connectivity index (χ3n) is 3.39. The van der Waals surface area contributed by atoms with E-state index in [1.165, 1.54) is 32.1 Å². The Kier molecular flexibility index (Phi) is 3.14. The van der Waals surface area contributed by atoms with Crippen LogP contribution in [0.2, 0.25) is 0 Å². The van der Waals surface area contributed by atoms with Gasteiger partial charge in [-0.1, -0.05) is 25.3 Å². The molecule has 1 aliphatic rings. The lowest BCUT2D eigenvalue weighted by molar-refractivity contribution is 0.349. The molecule has 2 heteroatoms. The van der Waals surface area contributed by atoms with E-state index in [4.69, 9.17) is 5.26 Å². The van der Waals surface area contributed by atoms with Crippen molar-refractivity contribution in [2.75, 3.05) is 5.32 Å². The molecule has 0 unspecified atom stereocenters. The summed E-state index contributed by atoms with van der Waals surface area (Å²) >= 11 is 0. The van der Waals surface area contributed by atoms with Crippen molar-refractivity contribution in [2.45, 2.75) is 44.6 Å². The molecule has 1 aliphatic carbocycles. The van der Waals surface area contributed by atoms with Gasteiger partial charge < -0.3 is 5.32 Å². The standard InChI is InChI=1S/C14H18N2/c1-14(8-3-2-4-9-14)16-13-7-5-6-12(10-13)11-15/h5-7,10,16H,2-4,8-9H2,1H3. The third kappa shape index (κ3) is 2.55. The first-order valence-electron chi connectivity index (χ1n) is 6.00. The van der Waals surface area contributed by atoms with E-state index in [1.807, 2.05) is 24.3 Å². The van der Waals surface area contributed by atoms with Gasteiger partial charge in [-0.05, 0) is 38.0 Å². The molecular weight excluding hydrogens is 196 g/mol. The molecule has 16 heavy (non-hydrogen) atoms. The lowest BCUT2D eigenvalue weighted by Gasteiger charge is -2.35. The number of nitrogens with zero attached hydrogens (tertiary/aromatic N) is 1. The van der Waals surface area contributed by atoms with E-state index in [9.17, 15) is 0 Å². The molecule has 1 fully saturated rings. The van der Waals surface area contributed by atoms with Crippen LogP contribution in [0.3, 0.4) is 0 Å². The summed E-state index contributed by atoms with van der Waals surface area (Å²) in [6, 6.07) is 9.93. The lowest BCUT2D eigenvalue weighted by atomic mass is 9.83. The van der Waals surface area contributed by atoms with E-state index in [1.54, 1.807) is 0 Å². The van der Waals surface area contributed by atoms with Gasteiger partial charge in [0.2, 0.25) is 0 Å². The van der Waals surface area contributed by atoms with Crippen molar-refractivity contribution in [3.8, 4) is 6.07 Å². The number of nitriles is 1. The number of rotatable bonds is 2. The molecule has 0 aliphatic heterocycles. The van der Waals surface area contributed by atoms with Crippen LogP contribution in [0.15, 0.2) is 24.3 Å². The first-order valence-corrected chi connectivity index (χ1v) is 6.00. The van der Waals surface area contributed by atoms with Gasteiger partial charge in [0.25, 0.3) is 0 Å². The van der Waals surface area contributed by atoms with Crippen molar-refractivity contribution in [3.05, 3.63) is 29.8 Å². The largest absolute Gasteiger partial charge is 0.380 e. The Morgan fingerprint density at radius 2 is 2.00 bits per heavy atom. The summed E-state index contributed by atoms with van der Waals surface area (Å²) in [5.41, 5.74) is 2.01. The van der Waals surface area contributed by atoms with Crippen LogP contribution < -0.4 is 5.32 Å². The van der Waals surface area contributed by atoms with Crippen LogP contribution >= 0.6 is 0 Å². The molecule has 0 bridgehead atoms. The van der Waals surface area contributed by atoms with Crippen LogP contribution in [0.25, 0.3) is 0 Å². The Hall–Kier alpha value is -1.49. The second-order valence-electron chi connectivity index (χ2n) is 4.94. The molecule has 0 saturated heterocycles. The van der Waals surface area contributed by atoms with Crippen LogP contribution in [0.5, 0.6) is 0 Å². The maximum Gasteiger partial charge on any atom is 0.0992 e. The second-order valence-corrected chi connectivity index (χ2v) is 4.94. The number of benzene rings is 1. The molecule has 0 heterocycles. The van der Waals surface area contributed by atoms with Crippen molar-refractivity contribution >= 4 is 5.69 Å². The van der Waals surface area contributed by atoms with Gasteiger partial charge in [-0.25, -0.2) is 0 Å². The fourth-order valence-electron chi connectivity index (χ4n) is 2.47. The smallest absolute Gasteiger partial charge is 0.0992 e. The van der Waals surface area contributed by atoms with Crippen molar-refractivity contribution in [1.82, 2.24) is 0 Å². The molecule has 1 saturated carbocycles. The Labute approximate surface area is 97.3 Å². The topological polar surface area (TPSA) is 35.8 Å². The molecule has 0 aromatic heterocycles. The maximum absolute atomic E-state index is 8.85. The van der Waals surface area contributed by atoms with Crippen LogP contribution in [0.1, 0.15) is 44.6 Å². The highest BCUT2D eigenvalue weighted by Gasteiger charge is 2.26. The van der Waals surface area contributed by atoms with Crippen LogP contribution in [0, 0.1) is 11.3 Å². The van der Waals surface area contributed by atoms with Gasteiger partial charge in [0.15, 0.2) is 0 Å². The summed E-state index contributed by atoms with van der Waals surface area (Å²) in [5.74, 6) is 0. The van der Waals surface area contributed by atoms with Gasteiger partial charge in [-0.15, -0.1) is 0 Å². The number of hydrogen-bond acceptors (Lipinski definition) is 2. The quantitative estimate of drug-likeness (QED) is 0.815. The zero-order chi connectivity index (χ0) is 11.4. The van der Waals surface area contributed by atoms with E-state index >= 15 is 0 Å². The van der Waals surface area contributed by atoms with Gasteiger partial charge in [0.05, 0.1) is 11.6 Å². The highest BCUT2D eigenvalue weighted by Crippen LogP contribution is 2.31. The molecule has 0 spiro atoms. The van der Waals surface area contributed by atoms with E-state index in [-0.39, 0.29) is 5.54 Å². The average Bonchev–Trinajstić information content (AvgIpc) is 2.29. The Bertz CT molecular complexity index is 397. The first-order chi connectivity index (χ1) is 7.72. The third-order valence-corrected chi connectivity index (χ3v) is 3.39. The van der Waals surface area contributed by atoms with Crippen LogP contribution in [0.4, 0.5) is 5.69 Å². The van der Waals surface area contributed by atoms with Crippen molar-refractivity contribution in [2.24, 2.45) is 0 Å². The van der Waals surface area contributed by atoms with Crippen molar-refractivity contribution in [3.63, 3.8) is 0 Å².